The standard InChI is InChI=1S/C10H14N2O/c1-4-6-7-10(9(11)5-2)12-8(3)13/h4-7H,1-2,11H2,3H3,(H,12,13)/b7-6-,10-9-. The first-order valence-electron chi connectivity index (χ1n) is 3.80. The zero-order chi connectivity index (χ0) is 10.3. The van der Waals surface area contributed by atoms with Gasteiger partial charge in [0.1, 0.15) is 0 Å². The summed E-state index contributed by atoms with van der Waals surface area (Å²) >= 11 is 0. The second-order valence-electron chi connectivity index (χ2n) is 2.35. The summed E-state index contributed by atoms with van der Waals surface area (Å²) < 4.78 is 0. The lowest BCUT2D eigenvalue weighted by Gasteiger charge is -2.04. The summed E-state index contributed by atoms with van der Waals surface area (Å²) in [5.74, 6) is -0.173. The van der Waals surface area contributed by atoms with Crippen LogP contribution in [0.25, 0.3) is 0 Å². The van der Waals surface area contributed by atoms with E-state index >= 15 is 0 Å². The molecule has 0 saturated heterocycles. The van der Waals surface area contributed by atoms with Crippen molar-refractivity contribution in [2.24, 2.45) is 5.73 Å². The van der Waals surface area contributed by atoms with Crippen molar-refractivity contribution in [1.82, 2.24) is 5.32 Å². The van der Waals surface area contributed by atoms with Crippen molar-refractivity contribution < 1.29 is 4.79 Å². The van der Waals surface area contributed by atoms with Crippen LogP contribution in [0.2, 0.25) is 0 Å². The highest BCUT2D eigenvalue weighted by molar-refractivity contribution is 5.75. The predicted molar refractivity (Wildman–Crippen MR) is 54.6 cm³/mol. The smallest absolute Gasteiger partial charge is 0.221 e. The fourth-order valence-corrected chi connectivity index (χ4v) is 0.674. The first-order valence-corrected chi connectivity index (χ1v) is 3.80. The van der Waals surface area contributed by atoms with Gasteiger partial charge in [-0.05, 0) is 12.2 Å². The van der Waals surface area contributed by atoms with Gasteiger partial charge >= 0.3 is 0 Å². The SMILES string of the molecule is C=C/C=C\C(NC(C)=O)=C(\N)C=C. The Bertz CT molecular complexity index is 275. The highest BCUT2D eigenvalue weighted by Crippen LogP contribution is 1.98. The van der Waals surface area contributed by atoms with E-state index in [0.29, 0.717) is 11.4 Å². The summed E-state index contributed by atoms with van der Waals surface area (Å²) in [6.07, 6.45) is 6.41. The molecule has 0 aliphatic rings. The molecule has 0 bridgehead atoms. The summed E-state index contributed by atoms with van der Waals surface area (Å²) in [6, 6.07) is 0. The maximum absolute atomic E-state index is 10.7. The Hall–Kier alpha value is -1.77. The van der Waals surface area contributed by atoms with Crippen LogP contribution >= 0.6 is 0 Å². The first-order chi connectivity index (χ1) is 6.11. The molecule has 3 heteroatoms. The van der Waals surface area contributed by atoms with E-state index < -0.39 is 0 Å². The van der Waals surface area contributed by atoms with Crippen LogP contribution in [0.15, 0.2) is 48.9 Å². The maximum atomic E-state index is 10.7. The molecule has 0 unspecified atom stereocenters. The minimum Gasteiger partial charge on any atom is -0.397 e. The number of nitrogens with one attached hydrogen (secondary N) is 1. The lowest BCUT2D eigenvalue weighted by atomic mass is 10.3. The van der Waals surface area contributed by atoms with Crippen molar-refractivity contribution in [2.75, 3.05) is 0 Å². The quantitative estimate of drug-likeness (QED) is 0.636. The Morgan fingerprint density at radius 2 is 2.08 bits per heavy atom. The Morgan fingerprint density at radius 1 is 1.46 bits per heavy atom. The van der Waals surface area contributed by atoms with Crippen LogP contribution < -0.4 is 11.1 Å². The molecule has 0 aromatic rings. The van der Waals surface area contributed by atoms with Gasteiger partial charge in [-0.25, -0.2) is 0 Å². The number of carbonyl (C=O) groups is 1. The van der Waals surface area contributed by atoms with Gasteiger partial charge in [0.15, 0.2) is 0 Å². The van der Waals surface area contributed by atoms with Crippen molar-refractivity contribution in [2.45, 2.75) is 6.92 Å². The summed E-state index contributed by atoms with van der Waals surface area (Å²) in [6.45, 7) is 8.43. The first kappa shape index (κ1) is 11.2. The number of hydrogen-bond donors (Lipinski definition) is 2. The van der Waals surface area contributed by atoms with Crippen molar-refractivity contribution in [3.8, 4) is 0 Å². The number of hydrogen-bond acceptors (Lipinski definition) is 2. The number of rotatable bonds is 4. The van der Waals surface area contributed by atoms with Gasteiger partial charge in [0, 0.05) is 6.92 Å². The zero-order valence-corrected chi connectivity index (χ0v) is 7.71. The number of allylic oxidation sites excluding steroid dienone is 4. The van der Waals surface area contributed by atoms with Crippen molar-refractivity contribution in [1.29, 1.82) is 0 Å². The number of amides is 1. The summed E-state index contributed by atoms with van der Waals surface area (Å²) in [5, 5.41) is 2.58. The van der Waals surface area contributed by atoms with Crippen molar-refractivity contribution in [3.05, 3.63) is 48.9 Å². The van der Waals surface area contributed by atoms with Gasteiger partial charge in [0.05, 0.1) is 11.4 Å². The van der Waals surface area contributed by atoms with E-state index in [1.54, 1.807) is 18.2 Å². The van der Waals surface area contributed by atoms with Crippen LogP contribution in [0, 0.1) is 0 Å². The number of carbonyl (C=O) groups excluding carboxylic acids is 1. The molecular formula is C10H14N2O. The van der Waals surface area contributed by atoms with Gasteiger partial charge in [-0.2, -0.15) is 0 Å². The van der Waals surface area contributed by atoms with E-state index in [4.69, 9.17) is 5.73 Å². The van der Waals surface area contributed by atoms with E-state index in [2.05, 4.69) is 18.5 Å². The molecule has 0 saturated carbocycles. The summed E-state index contributed by atoms with van der Waals surface area (Å²) in [5.41, 5.74) is 6.52. The van der Waals surface area contributed by atoms with Gasteiger partial charge in [0.25, 0.3) is 0 Å². The molecule has 0 aliphatic carbocycles. The van der Waals surface area contributed by atoms with E-state index in [0.717, 1.165) is 0 Å². The molecule has 0 atom stereocenters. The largest absolute Gasteiger partial charge is 0.397 e. The van der Waals surface area contributed by atoms with E-state index in [1.165, 1.54) is 13.0 Å². The molecule has 0 heterocycles. The Labute approximate surface area is 78.3 Å². The van der Waals surface area contributed by atoms with Crippen LogP contribution in [0.1, 0.15) is 6.92 Å². The van der Waals surface area contributed by atoms with E-state index in [9.17, 15) is 4.79 Å². The van der Waals surface area contributed by atoms with Gasteiger partial charge in [-0.15, -0.1) is 0 Å². The maximum Gasteiger partial charge on any atom is 0.221 e. The monoisotopic (exact) mass is 178 g/mol. The van der Waals surface area contributed by atoms with Gasteiger partial charge in [0.2, 0.25) is 5.91 Å². The molecule has 0 radical (unpaired) electrons. The van der Waals surface area contributed by atoms with E-state index in [1.807, 2.05) is 0 Å². The highest BCUT2D eigenvalue weighted by atomic mass is 16.1. The molecular weight excluding hydrogens is 164 g/mol. The normalized spacial score (nSPS) is 12.1. The fraction of sp³-hybridized carbons (Fsp3) is 0.100. The van der Waals surface area contributed by atoms with Gasteiger partial charge in [-0.1, -0.05) is 25.3 Å². The topological polar surface area (TPSA) is 55.1 Å². The Kier molecular flexibility index (Phi) is 5.03. The average Bonchev–Trinajstić information content (AvgIpc) is 2.10. The van der Waals surface area contributed by atoms with Crippen molar-refractivity contribution in [3.63, 3.8) is 0 Å². The average molecular weight is 178 g/mol. The molecule has 3 N–H and O–H groups in total. The molecule has 0 rings (SSSR count). The third-order valence-electron chi connectivity index (χ3n) is 1.24. The molecule has 0 spiro atoms. The van der Waals surface area contributed by atoms with Crippen LogP contribution in [0.5, 0.6) is 0 Å². The highest BCUT2D eigenvalue weighted by Gasteiger charge is 1.98. The van der Waals surface area contributed by atoms with E-state index in [-0.39, 0.29) is 5.91 Å². The van der Waals surface area contributed by atoms with Gasteiger partial charge in [-0.3, -0.25) is 4.79 Å². The van der Waals surface area contributed by atoms with Gasteiger partial charge < -0.3 is 11.1 Å². The summed E-state index contributed by atoms with van der Waals surface area (Å²) in [4.78, 5) is 10.7. The third kappa shape index (κ3) is 4.63. The molecule has 1 amide bonds. The molecule has 3 nitrogen and oxygen atoms in total. The van der Waals surface area contributed by atoms with Crippen molar-refractivity contribution >= 4 is 5.91 Å². The summed E-state index contributed by atoms with van der Waals surface area (Å²) in [7, 11) is 0. The molecule has 70 valence electrons. The Morgan fingerprint density at radius 3 is 2.46 bits per heavy atom. The second-order valence-corrected chi connectivity index (χ2v) is 2.35. The lowest BCUT2D eigenvalue weighted by Crippen LogP contribution is -2.21. The molecule has 0 fully saturated rings. The lowest BCUT2D eigenvalue weighted by molar-refractivity contribution is -0.118. The third-order valence-corrected chi connectivity index (χ3v) is 1.24. The molecule has 0 aromatic heterocycles. The zero-order valence-electron chi connectivity index (χ0n) is 7.71. The minimum atomic E-state index is -0.173. The van der Waals surface area contributed by atoms with Crippen LogP contribution in [0.3, 0.4) is 0 Å². The van der Waals surface area contributed by atoms with Crippen LogP contribution in [-0.2, 0) is 4.79 Å². The Balaban J connectivity index is 4.74. The second kappa shape index (κ2) is 5.83. The molecule has 0 aromatic carbocycles. The van der Waals surface area contributed by atoms with Crippen LogP contribution in [0.4, 0.5) is 0 Å². The number of nitrogens with two attached hydrogens (primary N) is 1. The predicted octanol–water partition coefficient (Wildman–Crippen LogP) is 1.22. The fourth-order valence-electron chi connectivity index (χ4n) is 0.674. The molecule has 13 heavy (non-hydrogen) atoms. The molecule has 0 aliphatic heterocycles. The van der Waals surface area contributed by atoms with Crippen LogP contribution in [-0.4, -0.2) is 5.91 Å². The minimum absolute atomic E-state index is 0.173.